The van der Waals surface area contributed by atoms with Crippen molar-refractivity contribution in [3.05, 3.63) is 47.4 Å². The van der Waals surface area contributed by atoms with Crippen LogP contribution in [0.5, 0.6) is 0 Å². The number of halogens is 4. The minimum Gasteiger partial charge on any atom is -0.383 e. The fraction of sp³-hybridized carbons (Fsp3) is 0.318. The summed E-state index contributed by atoms with van der Waals surface area (Å²) in [7, 11) is 1.59. The number of amides is 1. The van der Waals surface area contributed by atoms with Crippen LogP contribution in [0.1, 0.15) is 43.3 Å². The molecule has 0 aliphatic carbocycles. The van der Waals surface area contributed by atoms with Crippen molar-refractivity contribution in [2.75, 3.05) is 11.1 Å². The molecule has 186 valence electrons. The predicted molar refractivity (Wildman–Crippen MR) is 120 cm³/mol. The van der Waals surface area contributed by atoms with Crippen LogP contribution in [-0.2, 0) is 17.3 Å². The standard InChI is InChI=1S/C22H19F4N9O/c1-9(6-22(24,25)26)16-30-14(11-8-29-35(3)19(11)33-16)18-31-15(27)13-17(32-18)34-20(36)21(13,2)12-5-4-10(23)7-28-12/h4-5,7-9H,6H2,1-3H3,(H3,27,31,32,34,36). The molecule has 0 bridgehead atoms. The number of aromatic nitrogens is 7. The number of pyridine rings is 1. The van der Waals surface area contributed by atoms with E-state index in [0.29, 0.717) is 5.39 Å². The van der Waals surface area contributed by atoms with E-state index in [1.54, 1.807) is 14.0 Å². The Morgan fingerprint density at radius 3 is 2.58 bits per heavy atom. The number of alkyl halides is 3. The molecule has 1 amide bonds. The van der Waals surface area contributed by atoms with Crippen LogP contribution in [0.15, 0.2) is 24.5 Å². The maximum atomic E-state index is 13.4. The number of nitrogen functional groups attached to an aromatic ring is 1. The Morgan fingerprint density at radius 2 is 1.92 bits per heavy atom. The van der Waals surface area contributed by atoms with Gasteiger partial charge in [-0.3, -0.25) is 14.5 Å². The number of aryl methyl sites for hydroxylation is 1. The summed E-state index contributed by atoms with van der Waals surface area (Å²) in [6.45, 7) is 2.93. The van der Waals surface area contributed by atoms with Crippen molar-refractivity contribution < 1.29 is 22.4 Å². The van der Waals surface area contributed by atoms with E-state index in [-0.39, 0.29) is 45.9 Å². The largest absolute Gasteiger partial charge is 0.389 e. The Bertz CT molecular complexity index is 1520. The molecule has 1 aliphatic rings. The number of hydrogen-bond donors (Lipinski definition) is 2. The summed E-state index contributed by atoms with van der Waals surface area (Å²) in [5, 5.41) is 7.18. The summed E-state index contributed by atoms with van der Waals surface area (Å²) in [4.78, 5) is 34.5. The van der Waals surface area contributed by atoms with E-state index in [1.807, 2.05) is 0 Å². The van der Waals surface area contributed by atoms with Crippen LogP contribution in [-0.4, -0.2) is 46.8 Å². The number of nitrogens with two attached hydrogens (primary N) is 1. The second-order valence-electron chi connectivity index (χ2n) is 8.75. The molecule has 0 radical (unpaired) electrons. The highest BCUT2D eigenvalue weighted by molar-refractivity contribution is 6.09. The topological polar surface area (TPSA) is 137 Å². The molecule has 4 aromatic rings. The quantitative estimate of drug-likeness (QED) is 0.407. The van der Waals surface area contributed by atoms with Gasteiger partial charge < -0.3 is 11.1 Å². The zero-order valence-corrected chi connectivity index (χ0v) is 19.2. The van der Waals surface area contributed by atoms with Crippen LogP contribution in [0.3, 0.4) is 0 Å². The number of nitrogens with one attached hydrogen (secondary N) is 1. The summed E-state index contributed by atoms with van der Waals surface area (Å²) < 4.78 is 54.0. The summed E-state index contributed by atoms with van der Waals surface area (Å²) >= 11 is 0. The minimum absolute atomic E-state index is 0.0243. The first-order chi connectivity index (χ1) is 16.9. The Morgan fingerprint density at radius 1 is 1.17 bits per heavy atom. The van der Waals surface area contributed by atoms with Gasteiger partial charge in [0.25, 0.3) is 0 Å². The van der Waals surface area contributed by atoms with Crippen LogP contribution < -0.4 is 11.1 Å². The molecule has 0 saturated carbocycles. The lowest BCUT2D eigenvalue weighted by Crippen LogP contribution is -2.34. The van der Waals surface area contributed by atoms with Crippen molar-refractivity contribution in [2.45, 2.75) is 37.8 Å². The molecule has 10 nitrogen and oxygen atoms in total. The van der Waals surface area contributed by atoms with Crippen LogP contribution in [0.4, 0.5) is 29.2 Å². The molecular formula is C22H19F4N9O. The number of nitrogens with zero attached hydrogens (tertiary/aromatic N) is 7. The molecule has 2 atom stereocenters. The second kappa shape index (κ2) is 7.90. The van der Waals surface area contributed by atoms with Gasteiger partial charge in [0.15, 0.2) is 11.5 Å². The summed E-state index contributed by atoms with van der Waals surface area (Å²) in [6.07, 6.45) is -3.11. The van der Waals surface area contributed by atoms with Gasteiger partial charge in [-0.15, -0.1) is 0 Å². The van der Waals surface area contributed by atoms with E-state index in [0.717, 1.165) is 6.20 Å². The van der Waals surface area contributed by atoms with Crippen LogP contribution in [0.25, 0.3) is 22.6 Å². The summed E-state index contributed by atoms with van der Waals surface area (Å²) in [5.74, 6) is -2.18. The Balaban J connectivity index is 1.67. The zero-order valence-electron chi connectivity index (χ0n) is 19.2. The summed E-state index contributed by atoms with van der Waals surface area (Å²) in [6, 6.07) is 2.54. The lowest BCUT2D eigenvalue weighted by atomic mass is 9.81. The van der Waals surface area contributed by atoms with Gasteiger partial charge >= 0.3 is 6.18 Å². The van der Waals surface area contributed by atoms with Gasteiger partial charge in [-0.1, -0.05) is 6.92 Å². The molecule has 14 heteroatoms. The maximum absolute atomic E-state index is 13.4. The molecule has 0 saturated heterocycles. The first-order valence-electron chi connectivity index (χ1n) is 10.8. The summed E-state index contributed by atoms with van der Waals surface area (Å²) in [5.41, 5.74) is 5.79. The van der Waals surface area contributed by atoms with Gasteiger partial charge in [-0.05, 0) is 19.1 Å². The maximum Gasteiger partial charge on any atom is 0.389 e. The Kier molecular flexibility index (Phi) is 5.16. The molecule has 5 rings (SSSR count). The molecule has 3 N–H and O–H groups in total. The number of hydrogen-bond acceptors (Lipinski definition) is 8. The van der Waals surface area contributed by atoms with Crippen molar-refractivity contribution in [1.29, 1.82) is 0 Å². The highest BCUT2D eigenvalue weighted by Gasteiger charge is 2.48. The van der Waals surface area contributed by atoms with Crippen molar-refractivity contribution >= 4 is 28.6 Å². The van der Waals surface area contributed by atoms with Gasteiger partial charge in [0.1, 0.15) is 34.4 Å². The second-order valence-corrected chi connectivity index (χ2v) is 8.75. The number of rotatable bonds is 4. The number of anilines is 2. The van der Waals surface area contributed by atoms with Gasteiger partial charge in [0.2, 0.25) is 5.91 Å². The fourth-order valence-corrected chi connectivity index (χ4v) is 4.30. The molecule has 0 spiro atoms. The molecular weight excluding hydrogens is 482 g/mol. The van der Waals surface area contributed by atoms with Crippen molar-refractivity contribution in [3.8, 4) is 11.5 Å². The van der Waals surface area contributed by atoms with Crippen LogP contribution in [0, 0.1) is 5.82 Å². The van der Waals surface area contributed by atoms with E-state index in [4.69, 9.17) is 5.73 Å². The average Bonchev–Trinajstić information content (AvgIpc) is 3.30. The number of fused-ring (bicyclic) bond motifs is 2. The van der Waals surface area contributed by atoms with E-state index in [2.05, 4.69) is 35.3 Å². The normalized spacial score (nSPS) is 18.4. The molecule has 2 unspecified atom stereocenters. The molecule has 5 heterocycles. The zero-order chi connectivity index (χ0) is 26.0. The first kappa shape index (κ1) is 23.5. The SMILES string of the molecule is CC(CC(F)(F)F)c1nc(-c2nc(N)c3c(n2)NC(=O)C3(C)c2ccc(F)cn2)c2cnn(C)c2n1. The Labute approximate surface area is 201 Å². The fourth-order valence-electron chi connectivity index (χ4n) is 4.30. The monoisotopic (exact) mass is 501 g/mol. The third-order valence-corrected chi connectivity index (χ3v) is 6.16. The average molecular weight is 501 g/mol. The van der Waals surface area contributed by atoms with E-state index < -0.39 is 35.7 Å². The lowest BCUT2D eigenvalue weighted by molar-refractivity contribution is -0.138. The van der Waals surface area contributed by atoms with Gasteiger partial charge in [0.05, 0.1) is 35.5 Å². The van der Waals surface area contributed by atoms with Crippen molar-refractivity contribution in [1.82, 2.24) is 34.7 Å². The van der Waals surface area contributed by atoms with E-state index in [9.17, 15) is 22.4 Å². The number of carbonyl (C=O) groups excluding carboxylic acids is 1. The number of carbonyl (C=O) groups is 1. The Hall–Kier alpha value is -4.23. The van der Waals surface area contributed by atoms with Crippen LogP contribution in [0.2, 0.25) is 0 Å². The molecule has 1 aliphatic heterocycles. The molecule has 0 fully saturated rings. The highest BCUT2D eigenvalue weighted by Crippen LogP contribution is 2.44. The molecule has 0 aromatic carbocycles. The first-order valence-corrected chi connectivity index (χ1v) is 10.8. The van der Waals surface area contributed by atoms with Gasteiger partial charge in [-0.25, -0.2) is 24.3 Å². The van der Waals surface area contributed by atoms with Crippen molar-refractivity contribution in [3.63, 3.8) is 0 Å². The van der Waals surface area contributed by atoms with Crippen molar-refractivity contribution in [2.24, 2.45) is 7.05 Å². The lowest BCUT2D eigenvalue weighted by Gasteiger charge is -2.22. The van der Waals surface area contributed by atoms with Gasteiger partial charge in [0, 0.05) is 13.0 Å². The van der Waals surface area contributed by atoms with E-state index >= 15 is 0 Å². The highest BCUT2D eigenvalue weighted by atomic mass is 19.4. The smallest absolute Gasteiger partial charge is 0.383 e. The predicted octanol–water partition coefficient (Wildman–Crippen LogP) is 3.25. The third kappa shape index (κ3) is 3.69. The molecule has 4 aromatic heterocycles. The van der Waals surface area contributed by atoms with Crippen LogP contribution >= 0.6 is 0 Å². The third-order valence-electron chi connectivity index (χ3n) is 6.16. The molecule has 36 heavy (non-hydrogen) atoms. The van der Waals surface area contributed by atoms with E-state index in [1.165, 1.54) is 29.9 Å². The van der Waals surface area contributed by atoms with Gasteiger partial charge in [-0.2, -0.15) is 18.3 Å². The minimum atomic E-state index is -4.41.